The van der Waals surface area contributed by atoms with Crippen LogP contribution in [0.15, 0.2) is 42.5 Å². The molecule has 2 aromatic carbocycles. The van der Waals surface area contributed by atoms with Crippen LogP contribution in [0.2, 0.25) is 0 Å². The molecule has 0 aliphatic rings. The third kappa shape index (κ3) is 3.52. The number of anilines is 1. The average Bonchev–Trinajstić information content (AvgIpc) is 2.99. The predicted octanol–water partition coefficient (Wildman–Crippen LogP) is 4.57. The van der Waals surface area contributed by atoms with Crippen molar-refractivity contribution >= 4 is 11.6 Å². The first-order chi connectivity index (χ1) is 12.4. The summed E-state index contributed by atoms with van der Waals surface area (Å²) in [4.78, 5) is 12.6. The van der Waals surface area contributed by atoms with Crippen molar-refractivity contribution in [2.24, 2.45) is 0 Å². The molecule has 0 atom stereocenters. The Labute approximate surface area is 154 Å². The monoisotopic (exact) mass is 348 g/mol. The van der Waals surface area contributed by atoms with Crippen LogP contribution in [-0.2, 0) is 0 Å². The fourth-order valence-electron chi connectivity index (χ4n) is 2.78. The predicted molar refractivity (Wildman–Crippen MR) is 104 cm³/mol. The van der Waals surface area contributed by atoms with Crippen molar-refractivity contribution in [2.75, 3.05) is 5.32 Å². The van der Waals surface area contributed by atoms with Gasteiger partial charge in [0.05, 0.1) is 11.4 Å². The summed E-state index contributed by atoms with van der Waals surface area (Å²) in [6.07, 6.45) is 0. The number of carbonyl (C=O) groups is 1. The van der Waals surface area contributed by atoms with Crippen LogP contribution in [0, 0.1) is 20.8 Å². The molecule has 5 heteroatoms. The Morgan fingerprint density at radius 2 is 1.69 bits per heavy atom. The van der Waals surface area contributed by atoms with Crippen molar-refractivity contribution in [1.29, 1.82) is 0 Å². The molecule has 0 saturated heterocycles. The Kier molecular flexibility index (Phi) is 4.89. The molecular weight excluding hydrogens is 324 g/mol. The number of nitrogens with zero attached hydrogens (tertiary/aromatic N) is 3. The zero-order valence-electron chi connectivity index (χ0n) is 15.9. The first-order valence-electron chi connectivity index (χ1n) is 8.78. The summed E-state index contributed by atoms with van der Waals surface area (Å²) in [5.41, 5.74) is 6.32. The molecule has 134 valence electrons. The highest BCUT2D eigenvalue weighted by Gasteiger charge is 2.17. The van der Waals surface area contributed by atoms with E-state index in [2.05, 4.69) is 43.3 Å². The summed E-state index contributed by atoms with van der Waals surface area (Å²) in [6.45, 7) is 10.3. The minimum Gasteiger partial charge on any atom is -0.321 e. The van der Waals surface area contributed by atoms with Gasteiger partial charge >= 0.3 is 0 Å². The van der Waals surface area contributed by atoms with Gasteiger partial charge in [-0.1, -0.05) is 37.3 Å². The largest absolute Gasteiger partial charge is 0.321 e. The highest BCUT2D eigenvalue weighted by Crippen LogP contribution is 2.19. The summed E-state index contributed by atoms with van der Waals surface area (Å²) in [5, 5.41) is 11.1. The number of hydrogen-bond donors (Lipinski definition) is 1. The van der Waals surface area contributed by atoms with E-state index in [1.807, 2.05) is 49.4 Å². The van der Waals surface area contributed by atoms with E-state index in [9.17, 15) is 4.79 Å². The highest BCUT2D eigenvalue weighted by molar-refractivity contribution is 6.03. The normalized spacial score (nSPS) is 11.0. The number of rotatable bonds is 4. The Morgan fingerprint density at radius 3 is 2.31 bits per heavy atom. The fourth-order valence-corrected chi connectivity index (χ4v) is 2.78. The van der Waals surface area contributed by atoms with Crippen LogP contribution < -0.4 is 5.32 Å². The number of nitrogens with one attached hydrogen (secondary N) is 1. The van der Waals surface area contributed by atoms with E-state index in [4.69, 9.17) is 0 Å². The van der Waals surface area contributed by atoms with Crippen molar-refractivity contribution in [2.45, 2.75) is 40.5 Å². The summed E-state index contributed by atoms with van der Waals surface area (Å²) >= 11 is 0. The minimum atomic E-state index is -0.255. The molecule has 1 aromatic heterocycles. The maximum Gasteiger partial charge on any atom is 0.278 e. The lowest BCUT2D eigenvalue weighted by atomic mass is 10.0. The van der Waals surface area contributed by atoms with Crippen LogP contribution in [0.1, 0.15) is 52.6 Å². The van der Waals surface area contributed by atoms with Gasteiger partial charge in [0.25, 0.3) is 5.91 Å². The molecule has 0 aliphatic carbocycles. The topological polar surface area (TPSA) is 59.8 Å². The van der Waals surface area contributed by atoms with Gasteiger partial charge in [0.15, 0.2) is 5.69 Å². The van der Waals surface area contributed by atoms with Crippen molar-refractivity contribution in [3.63, 3.8) is 0 Å². The second kappa shape index (κ2) is 7.12. The van der Waals surface area contributed by atoms with Gasteiger partial charge in [-0.2, -0.15) is 0 Å². The van der Waals surface area contributed by atoms with E-state index < -0.39 is 0 Å². The summed E-state index contributed by atoms with van der Waals surface area (Å²) in [5.74, 6) is 0.203. The first-order valence-corrected chi connectivity index (χ1v) is 8.78. The molecule has 0 fully saturated rings. The number of hydrogen-bond acceptors (Lipinski definition) is 3. The zero-order chi connectivity index (χ0) is 18.8. The second-order valence-corrected chi connectivity index (χ2v) is 6.93. The Bertz CT molecular complexity index is 939. The molecule has 3 rings (SSSR count). The summed E-state index contributed by atoms with van der Waals surface area (Å²) < 4.78 is 1.70. The van der Waals surface area contributed by atoms with E-state index in [0.717, 1.165) is 11.4 Å². The van der Waals surface area contributed by atoms with Crippen molar-refractivity contribution in [1.82, 2.24) is 15.0 Å². The van der Waals surface area contributed by atoms with E-state index in [1.165, 1.54) is 16.7 Å². The third-order valence-electron chi connectivity index (χ3n) is 4.68. The highest BCUT2D eigenvalue weighted by atomic mass is 16.2. The van der Waals surface area contributed by atoms with Crippen molar-refractivity contribution in [3.8, 4) is 5.69 Å². The average molecular weight is 348 g/mol. The van der Waals surface area contributed by atoms with E-state index >= 15 is 0 Å². The fraction of sp³-hybridized carbons (Fsp3) is 0.286. The van der Waals surface area contributed by atoms with Gasteiger partial charge in [-0.3, -0.25) is 4.79 Å². The molecule has 1 amide bonds. The standard InChI is InChI=1S/C21H24N4O/c1-13(2)17-7-9-18(10-8-17)22-21(26)20-16(5)25(24-23-20)19-11-6-14(3)15(4)12-19/h6-13H,1-5H3,(H,22,26). The quantitative estimate of drug-likeness (QED) is 0.751. The molecule has 0 bridgehead atoms. The second-order valence-electron chi connectivity index (χ2n) is 6.93. The third-order valence-corrected chi connectivity index (χ3v) is 4.68. The lowest BCUT2D eigenvalue weighted by molar-refractivity contribution is 0.102. The molecule has 0 unspecified atom stereocenters. The van der Waals surface area contributed by atoms with E-state index in [0.29, 0.717) is 17.3 Å². The molecule has 0 aliphatic heterocycles. The molecule has 0 radical (unpaired) electrons. The lowest BCUT2D eigenvalue weighted by Gasteiger charge is -2.08. The number of amides is 1. The Balaban J connectivity index is 1.82. The maximum atomic E-state index is 12.6. The van der Waals surface area contributed by atoms with Gasteiger partial charge in [-0.15, -0.1) is 5.10 Å². The van der Waals surface area contributed by atoms with Crippen LogP contribution in [0.4, 0.5) is 5.69 Å². The van der Waals surface area contributed by atoms with Gasteiger partial charge in [-0.25, -0.2) is 4.68 Å². The number of carbonyl (C=O) groups excluding carboxylic acids is 1. The molecule has 26 heavy (non-hydrogen) atoms. The lowest BCUT2D eigenvalue weighted by Crippen LogP contribution is -2.14. The number of aryl methyl sites for hydroxylation is 2. The molecule has 0 saturated carbocycles. The Hall–Kier alpha value is -2.95. The van der Waals surface area contributed by atoms with E-state index in [1.54, 1.807) is 4.68 Å². The van der Waals surface area contributed by atoms with Crippen LogP contribution in [0.3, 0.4) is 0 Å². The van der Waals surface area contributed by atoms with Crippen molar-refractivity contribution < 1.29 is 4.79 Å². The first kappa shape index (κ1) is 17.9. The maximum absolute atomic E-state index is 12.6. The van der Waals surface area contributed by atoms with Gasteiger partial charge < -0.3 is 5.32 Å². The van der Waals surface area contributed by atoms with Gasteiger partial charge in [-0.05, 0) is 67.6 Å². The smallest absolute Gasteiger partial charge is 0.278 e. The summed E-state index contributed by atoms with van der Waals surface area (Å²) in [6, 6.07) is 14.0. The minimum absolute atomic E-state index is 0.255. The number of aromatic nitrogens is 3. The van der Waals surface area contributed by atoms with Crippen LogP contribution >= 0.6 is 0 Å². The van der Waals surface area contributed by atoms with Crippen LogP contribution in [0.5, 0.6) is 0 Å². The zero-order valence-corrected chi connectivity index (χ0v) is 15.9. The molecule has 1 N–H and O–H groups in total. The van der Waals surface area contributed by atoms with Crippen LogP contribution in [0.25, 0.3) is 5.69 Å². The molecule has 1 heterocycles. The van der Waals surface area contributed by atoms with Crippen molar-refractivity contribution in [3.05, 3.63) is 70.5 Å². The molecular formula is C21H24N4O. The van der Waals surface area contributed by atoms with Gasteiger partial charge in [0.1, 0.15) is 0 Å². The van der Waals surface area contributed by atoms with E-state index in [-0.39, 0.29) is 5.91 Å². The Morgan fingerprint density at radius 1 is 1.00 bits per heavy atom. The van der Waals surface area contributed by atoms with Gasteiger partial charge in [0.2, 0.25) is 0 Å². The summed E-state index contributed by atoms with van der Waals surface area (Å²) in [7, 11) is 0. The van der Waals surface area contributed by atoms with Crippen LogP contribution in [-0.4, -0.2) is 20.9 Å². The SMILES string of the molecule is Cc1ccc(-n2nnc(C(=O)Nc3ccc(C(C)C)cc3)c2C)cc1C. The molecule has 0 spiro atoms. The van der Waals surface area contributed by atoms with Gasteiger partial charge in [0, 0.05) is 5.69 Å². The molecule has 3 aromatic rings. The molecule has 5 nitrogen and oxygen atoms in total. The number of benzene rings is 2.